The van der Waals surface area contributed by atoms with Crippen LogP contribution >= 0.6 is 11.3 Å². The Morgan fingerprint density at radius 2 is 2.21 bits per heavy atom. The molecule has 0 unspecified atom stereocenters. The van der Waals surface area contributed by atoms with E-state index in [0.29, 0.717) is 11.0 Å². The van der Waals surface area contributed by atoms with Gasteiger partial charge in [-0.25, -0.2) is 9.78 Å². The summed E-state index contributed by atoms with van der Waals surface area (Å²) in [6, 6.07) is 3.91. The molecule has 2 heterocycles. The van der Waals surface area contributed by atoms with Crippen molar-refractivity contribution >= 4 is 22.5 Å². The fourth-order valence-corrected chi connectivity index (χ4v) is 3.75. The van der Waals surface area contributed by atoms with Crippen molar-refractivity contribution < 1.29 is 9.90 Å². The van der Waals surface area contributed by atoms with Crippen molar-refractivity contribution in [2.75, 3.05) is 19.0 Å². The van der Waals surface area contributed by atoms with Crippen molar-refractivity contribution in [3.63, 3.8) is 0 Å². The second-order valence-electron chi connectivity index (χ2n) is 6.18. The lowest BCUT2D eigenvalue weighted by atomic mass is 9.86. The minimum absolute atomic E-state index is 0.130. The molecule has 0 saturated heterocycles. The molecule has 0 spiro atoms. The van der Waals surface area contributed by atoms with Crippen LogP contribution in [-0.2, 0) is 0 Å². The number of hydrogen-bond donors (Lipinski definition) is 2. The van der Waals surface area contributed by atoms with Gasteiger partial charge in [0.25, 0.3) is 0 Å². The van der Waals surface area contributed by atoms with Crippen LogP contribution in [0.2, 0.25) is 0 Å². The highest BCUT2D eigenvalue weighted by Crippen LogP contribution is 2.28. The number of carbonyl (C=O) groups is 1. The van der Waals surface area contributed by atoms with Gasteiger partial charge in [-0.1, -0.05) is 0 Å². The first-order valence-electron chi connectivity index (χ1n) is 8.18. The molecule has 1 aliphatic carbocycles. The highest BCUT2D eigenvalue weighted by molar-refractivity contribution is 7.14. The van der Waals surface area contributed by atoms with Gasteiger partial charge in [-0.3, -0.25) is 10.3 Å². The number of urea groups is 1. The van der Waals surface area contributed by atoms with Crippen LogP contribution in [0.1, 0.15) is 25.7 Å². The molecule has 2 aromatic heterocycles. The average molecular weight is 346 g/mol. The van der Waals surface area contributed by atoms with Gasteiger partial charge >= 0.3 is 6.03 Å². The largest absolute Gasteiger partial charge is 0.396 e. The van der Waals surface area contributed by atoms with Gasteiger partial charge in [0.05, 0.1) is 5.69 Å². The number of nitrogens with zero attached hydrogens (tertiary/aromatic N) is 3. The van der Waals surface area contributed by atoms with Crippen molar-refractivity contribution in [1.82, 2.24) is 14.9 Å². The molecule has 2 N–H and O–H groups in total. The summed E-state index contributed by atoms with van der Waals surface area (Å²) in [6.45, 7) is 0.249. The Bertz CT molecular complexity index is 668. The van der Waals surface area contributed by atoms with Crippen LogP contribution in [0.15, 0.2) is 29.9 Å². The summed E-state index contributed by atoms with van der Waals surface area (Å²) in [7, 11) is 1.83. The van der Waals surface area contributed by atoms with E-state index in [2.05, 4.69) is 15.3 Å². The summed E-state index contributed by atoms with van der Waals surface area (Å²) < 4.78 is 0. The van der Waals surface area contributed by atoms with Gasteiger partial charge in [0.1, 0.15) is 0 Å². The third kappa shape index (κ3) is 3.91. The lowest BCUT2D eigenvalue weighted by Crippen LogP contribution is -2.42. The number of aromatic nitrogens is 2. The molecule has 2 aromatic rings. The molecule has 0 aliphatic heterocycles. The Morgan fingerprint density at radius 3 is 2.88 bits per heavy atom. The Kier molecular flexibility index (Phi) is 5.42. The van der Waals surface area contributed by atoms with Crippen molar-refractivity contribution in [2.24, 2.45) is 5.92 Å². The number of nitrogens with one attached hydrogen (secondary N) is 1. The SMILES string of the molecule is CN(C(=O)Nc1nc(-c2cccnc2)cs1)C1CCC(CO)CC1. The first-order chi connectivity index (χ1) is 11.7. The van der Waals surface area contributed by atoms with Crippen LogP contribution in [0.4, 0.5) is 9.93 Å². The molecule has 0 aromatic carbocycles. The maximum absolute atomic E-state index is 12.4. The molecule has 7 heteroatoms. The van der Waals surface area contributed by atoms with Gasteiger partial charge in [-0.2, -0.15) is 0 Å². The second kappa shape index (κ2) is 7.72. The third-order valence-electron chi connectivity index (χ3n) is 4.62. The van der Waals surface area contributed by atoms with Crippen LogP contribution in [0.3, 0.4) is 0 Å². The maximum Gasteiger partial charge on any atom is 0.323 e. The molecule has 3 rings (SSSR count). The van der Waals surface area contributed by atoms with Crippen LogP contribution in [-0.4, -0.2) is 45.7 Å². The number of amides is 2. The standard InChI is InChI=1S/C17H22N4O2S/c1-21(14-6-4-12(10-22)5-7-14)17(23)20-16-19-15(11-24-16)13-3-2-8-18-9-13/h2-3,8-9,11-12,14,22H,4-7,10H2,1H3,(H,19,20,23). The number of pyridine rings is 1. The first-order valence-corrected chi connectivity index (χ1v) is 9.06. The summed E-state index contributed by atoms with van der Waals surface area (Å²) >= 11 is 1.41. The van der Waals surface area contributed by atoms with E-state index in [4.69, 9.17) is 0 Å². The molecule has 1 saturated carbocycles. The van der Waals surface area contributed by atoms with Crippen molar-refractivity contribution in [2.45, 2.75) is 31.7 Å². The number of carbonyl (C=O) groups excluding carboxylic acids is 1. The van der Waals surface area contributed by atoms with Crippen LogP contribution in [0, 0.1) is 5.92 Å². The number of rotatable bonds is 4. The molecule has 0 atom stereocenters. The fraction of sp³-hybridized carbons (Fsp3) is 0.471. The van der Waals surface area contributed by atoms with Gasteiger partial charge in [0.15, 0.2) is 5.13 Å². The highest BCUT2D eigenvalue weighted by atomic mass is 32.1. The van der Waals surface area contributed by atoms with Gasteiger partial charge in [0.2, 0.25) is 0 Å². The Hall–Kier alpha value is -1.99. The molecule has 1 fully saturated rings. The maximum atomic E-state index is 12.4. The molecule has 128 valence electrons. The minimum Gasteiger partial charge on any atom is -0.396 e. The normalized spacial score (nSPS) is 20.6. The summed E-state index contributed by atoms with van der Waals surface area (Å²) in [6.07, 6.45) is 7.30. The molecule has 6 nitrogen and oxygen atoms in total. The third-order valence-corrected chi connectivity index (χ3v) is 5.38. The minimum atomic E-state index is -0.130. The van der Waals surface area contributed by atoms with Gasteiger partial charge in [-0.05, 0) is 43.7 Å². The number of hydrogen-bond acceptors (Lipinski definition) is 5. The Labute approximate surface area is 145 Å². The molecule has 1 aliphatic rings. The fourth-order valence-electron chi connectivity index (χ4n) is 3.04. The Morgan fingerprint density at radius 1 is 1.42 bits per heavy atom. The van der Waals surface area contributed by atoms with Gasteiger partial charge in [0, 0.05) is 43.0 Å². The number of anilines is 1. The lowest BCUT2D eigenvalue weighted by molar-refractivity contribution is 0.139. The summed E-state index contributed by atoms with van der Waals surface area (Å²) in [5, 5.41) is 14.6. The van der Waals surface area contributed by atoms with Crippen LogP contribution in [0.25, 0.3) is 11.3 Å². The van der Waals surface area contributed by atoms with Crippen molar-refractivity contribution in [3.8, 4) is 11.3 Å². The average Bonchev–Trinajstić information content (AvgIpc) is 3.10. The predicted octanol–water partition coefficient (Wildman–Crippen LogP) is 3.22. The zero-order chi connectivity index (χ0) is 16.9. The first kappa shape index (κ1) is 16.9. The number of aliphatic hydroxyl groups is 1. The summed E-state index contributed by atoms with van der Waals surface area (Å²) in [5.41, 5.74) is 1.75. The van der Waals surface area contributed by atoms with E-state index in [0.717, 1.165) is 36.9 Å². The van der Waals surface area contributed by atoms with Gasteiger partial charge in [-0.15, -0.1) is 11.3 Å². The second-order valence-corrected chi connectivity index (χ2v) is 7.04. The predicted molar refractivity (Wildman–Crippen MR) is 95.0 cm³/mol. The lowest BCUT2D eigenvalue weighted by Gasteiger charge is -2.33. The molecular formula is C17H22N4O2S. The molecular weight excluding hydrogens is 324 g/mol. The Balaban J connectivity index is 1.58. The number of thiazole rings is 1. The zero-order valence-electron chi connectivity index (χ0n) is 13.7. The quantitative estimate of drug-likeness (QED) is 0.891. The summed E-state index contributed by atoms with van der Waals surface area (Å²) in [4.78, 5) is 22.7. The molecule has 0 bridgehead atoms. The van der Waals surface area contributed by atoms with E-state index in [1.807, 2.05) is 24.6 Å². The summed E-state index contributed by atoms with van der Waals surface area (Å²) in [5.74, 6) is 0.388. The van der Waals surface area contributed by atoms with E-state index in [1.165, 1.54) is 11.3 Å². The van der Waals surface area contributed by atoms with E-state index < -0.39 is 0 Å². The van der Waals surface area contributed by atoms with E-state index in [9.17, 15) is 9.90 Å². The topological polar surface area (TPSA) is 78.4 Å². The van der Waals surface area contributed by atoms with Crippen LogP contribution in [0.5, 0.6) is 0 Å². The smallest absolute Gasteiger partial charge is 0.323 e. The van der Waals surface area contributed by atoms with Crippen molar-refractivity contribution in [3.05, 3.63) is 29.9 Å². The molecule has 0 radical (unpaired) electrons. The monoisotopic (exact) mass is 346 g/mol. The number of aliphatic hydroxyl groups excluding tert-OH is 1. The van der Waals surface area contributed by atoms with E-state index >= 15 is 0 Å². The van der Waals surface area contributed by atoms with Gasteiger partial charge < -0.3 is 10.0 Å². The highest BCUT2D eigenvalue weighted by Gasteiger charge is 2.26. The van der Waals surface area contributed by atoms with E-state index in [1.54, 1.807) is 17.3 Å². The zero-order valence-corrected chi connectivity index (χ0v) is 14.5. The van der Waals surface area contributed by atoms with E-state index in [-0.39, 0.29) is 18.7 Å². The molecule has 2 amide bonds. The van der Waals surface area contributed by atoms with Crippen molar-refractivity contribution in [1.29, 1.82) is 0 Å². The molecule has 24 heavy (non-hydrogen) atoms. The van der Waals surface area contributed by atoms with Crippen LogP contribution < -0.4 is 5.32 Å².